The number of carbonyl (C=O) groups excluding carboxylic acids is 2. The van der Waals surface area contributed by atoms with Crippen LogP contribution in [0.4, 0.5) is 5.69 Å². The number of nitrogen functional groups attached to an aromatic ring is 1. The molecule has 0 radical (unpaired) electrons. The molecule has 0 saturated heterocycles. The average Bonchev–Trinajstić information content (AvgIpc) is 2.99. The summed E-state index contributed by atoms with van der Waals surface area (Å²) in [7, 11) is 6.28. The Morgan fingerprint density at radius 1 is 0.957 bits per heavy atom. The fourth-order valence-electron chi connectivity index (χ4n) is 1.93. The van der Waals surface area contributed by atoms with Crippen LogP contribution in [-0.4, -0.2) is 35.3 Å². The van der Waals surface area contributed by atoms with Gasteiger partial charge in [0, 0.05) is 26.5 Å². The monoisotopic (exact) mass is 343 g/mol. The van der Waals surface area contributed by atoms with Gasteiger partial charge in [-0.25, -0.2) is 9.59 Å². The molecule has 0 unspecified atom stereocenters. The van der Waals surface area contributed by atoms with E-state index in [2.05, 4.69) is 9.47 Å². The molecule has 2 heterocycles. The van der Waals surface area contributed by atoms with Crippen molar-refractivity contribution in [3.8, 4) is 0 Å². The van der Waals surface area contributed by atoms with E-state index in [1.165, 1.54) is 14.2 Å². The van der Waals surface area contributed by atoms with Crippen molar-refractivity contribution in [2.75, 3.05) is 20.0 Å². The average molecular weight is 344 g/mol. The van der Waals surface area contributed by atoms with E-state index in [1.807, 2.05) is 20.2 Å². The normalized spacial score (nSPS) is 9.26. The SMILES string of the molecule is COC(=O)c1cc(C)cn1C.COC(=O)c1cc(N)cn1C.Cl. The number of aromatic nitrogens is 2. The number of ether oxygens (including phenoxy) is 2. The van der Waals surface area contributed by atoms with E-state index in [0.717, 1.165) is 5.56 Å². The van der Waals surface area contributed by atoms with Crippen molar-refractivity contribution in [3.05, 3.63) is 41.5 Å². The van der Waals surface area contributed by atoms with Crippen LogP contribution in [-0.2, 0) is 23.6 Å². The number of esters is 2. The lowest BCUT2D eigenvalue weighted by atomic mass is 10.3. The Morgan fingerprint density at radius 2 is 1.39 bits per heavy atom. The van der Waals surface area contributed by atoms with E-state index in [9.17, 15) is 9.59 Å². The Hall–Kier alpha value is -2.41. The molecule has 7 nitrogen and oxygen atoms in total. The third kappa shape index (κ3) is 5.37. The van der Waals surface area contributed by atoms with Gasteiger partial charge in [0.15, 0.2) is 0 Å². The zero-order chi connectivity index (χ0) is 16.9. The molecule has 0 aliphatic heterocycles. The maximum absolute atomic E-state index is 11.0. The summed E-state index contributed by atoms with van der Waals surface area (Å²) in [5.74, 6) is -0.662. The number of halogens is 1. The first kappa shape index (κ1) is 20.6. The van der Waals surface area contributed by atoms with Crippen molar-refractivity contribution in [3.63, 3.8) is 0 Å². The van der Waals surface area contributed by atoms with Gasteiger partial charge in [-0.2, -0.15) is 0 Å². The number of nitrogens with two attached hydrogens (primary N) is 1. The van der Waals surface area contributed by atoms with Crippen LogP contribution >= 0.6 is 12.4 Å². The summed E-state index contributed by atoms with van der Waals surface area (Å²) in [6.45, 7) is 1.94. The largest absolute Gasteiger partial charge is 0.464 e. The van der Waals surface area contributed by atoms with Gasteiger partial charge in [0.25, 0.3) is 0 Å². The van der Waals surface area contributed by atoms with E-state index in [0.29, 0.717) is 17.1 Å². The number of hydrogen-bond donors (Lipinski definition) is 1. The minimum atomic E-state index is -0.371. The number of aryl methyl sites for hydroxylation is 3. The molecule has 0 atom stereocenters. The van der Waals surface area contributed by atoms with Gasteiger partial charge in [-0.3, -0.25) is 0 Å². The fourth-order valence-corrected chi connectivity index (χ4v) is 1.93. The van der Waals surface area contributed by atoms with E-state index < -0.39 is 0 Å². The Labute approximate surface area is 141 Å². The Morgan fingerprint density at radius 3 is 1.70 bits per heavy atom. The highest BCUT2D eigenvalue weighted by Gasteiger charge is 2.10. The van der Waals surface area contributed by atoms with Crippen LogP contribution in [0.5, 0.6) is 0 Å². The Kier molecular flexibility index (Phi) is 7.96. The quantitative estimate of drug-likeness (QED) is 0.842. The minimum absolute atomic E-state index is 0. The molecule has 0 spiro atoms. The lowest BCUT2D eigenvalue weighted by molar-refractivity contribution is 0.0581. The molecule has 8 heteroatoms. The summed E-state index contributed by atoms with van der Waals surface area (Å²) in [6, 6.07) is 3.37. The molecule has 2 aromatic heterocycles. The Bertz CT molecular complexity index is 618. The summed E-state index contributed by atoms with van der Waals surface area (Å²) in [5, 5.41) is 0. The summed E-state index contributed by atoms with van der Waals surface area (Å²) < 4.78 is 12.5. The summed E-state index contributed by atoms with van der Waals surface area (Å²) >= 11 is 0. The second-order valence-electron chi connectivity index (χ2n) is 4.77. The molecule has 23 heavy (non-hydrogen) atoms. The lowest BCUT2D eigenvalue weighted by Crippen LogP contribution is -2.06. The molecule has 0 bridgehead atoms. The molecular formula is C15H22ClN3O4. The number of nitrogens with zero attached hydrogens (tertiary/aromatic N) is 2. The molecule has 2 N–H and O–H groups in total. The third-order valence-electron chi connectivity index (χ3n) is 2.96. The van der Waals surface area contributed by atoms with Crippen molar-refractivity contribution in [2.24, 2.45) is 14.1 Å². The molecule has 0 amide bonds. The topological polar surface area (TPSA) is 88.5 Å². The third-order valence-corrected chi connectivity index (χ3v) is 2.96. The molecule has 0 aromatic carbocycles. The predicted molar refractivity (Wildman–Crippen MR) is 89.9 cm³/mol. The van der Waals surface area contributed by atoms with Crippen LogP contribution in [0, 0.1) is 6.92 Å². The van der Waals surface area contributed by atoms with E-state index in [4.69, 9.17) is 5.73 Å². The highest BCUT2D eigenvalue weighted by Crippen LogP contribution is 2.09. The van der Waals surface area contributed by atoms with Crippen LogP contribution in [0.3, 0.4) is 0 Å². The molecule has 0 fully saturated rings. The van der Waals surface area contributed by atoms with Crippen molar-refractivity contribution >= 4 is 30.0 Å². The zero-order valence-corrected chi connectivity index (χ0v) is 14.6. The van der Waals surface area contributed by atoms with Gasteiger partial charge >= 0.3 is 11.9 Å². The van der Waals surface area contributed by atoms with Crippen molar-refractivity contribution in [1.82, 2.24) is 9.13 Å². The van der Waals surface area contributed by atoms with Crippen LogP contribution in [0.1, 0.15) is 26.5 Å². The van der Waals surface area contributed by atoms with Crippen molar-refractivity contribution in [1.29, 1.82) is 0 Å². The second kappa shape index (κ2) is 8.89. The maximum atomic E-state index is 11.0. The van der Waals surface area contributed by atoms with Crippen molar-refractivity contribution in [2.45, 2.75) is 6.92 Å². The highest BCUT2D eigenvalue weighted by molar-refractivity contribution is 5.89. The maximum Gasteiger partial charge on any atom is 0.354 e. The minimum Gasteiger partial charge on any atom is -0.464 e. The standard InChI is InChI=1S/C8H11NO2.C7H10N2O2.ClH/c1-6-4-7(8(10)11-3)9(2)5-6;1-9-4-5(8)3-6(9)7(10)11-2;/h4-5H,1-3H3;3-4H,8H2,1-2H3;1H. The van der Waals surface area contributed by atoms with E-state index >= 15 is 0 Å². The predicted octanol–water partition coefficient (Wildman–Crippen LogP) is 1.94. The van der Waals surface area contributed by atoms with Crippen LogP contribution in [0.25, 0.3) is 0 Å². The van der Waals surface area contributed by atoms with Gasteiger partial charge in [-0.05, 0) is 24.6 Å². The van der Waals surface area contributed by atoms with E-state index in [-0.39, 0.29) is 24.3 Å². The second-order valence-corrected chi connectivity index (χ2v) is 4.77. The molecule has 2 rings (SSSR count). The van der Waals surface area contributed by atoms with Crippen LogP contribution < -0.4 is 5.73 Å². The molecular weight excluding hydrogens is 322 g/mol. The molecule has 0 aliphatic rings. The number of carbonyl (C=O) groups is 2. The van der Waals surface area contributed by atoms with Crippen LogP contribution in [0.2, 0.25) is 0 Å². The van der Waals surface area contributed by atoms with Gasteiger partial charge in [0.1, 0.15) is 11.4 Å². The summed E-state index contributed by atoms with van der Waals surface area (Å²) in [5.41, 5.74) is 8.12. The summed E-state index contributed by atoms with van der Waals surface area (Å²) in [6.07, 6.45) is 3.54. The van der Waals surface area contributed by atoms with Gasteiger partial charge in [0.2, 0.25) is 0 Å². The first-order chi connectivity index (χ1) is 10.3. The smallest absolute Gasteiger partial charge is 0.354 e. The lowest BCUT2D eigenvalue weighted by Gasteiger charge is -1.98. The van der Waals surface area contributed by atoms with Gasteiger partial charge in [-0.15, -0.1) is 12.4 Å². The van der Waals surface area contributed by atoms with Crippen LogP contribution in [0.15, 0.2) is 24.5 Å². The van der Waals surface area contributed by atoms with Gasteiger partial charge in [0.05, 0.1) is 19.9 Å². The van der Waals surface area contributed by atoms with Gasteiger partial charge < -0.3 is 24.3 Å². The first-order valence-corrected chi connectivity index (χ1v) is 6.51. The van der Waals surface area contributed by atoms with Gasteiger partial charge in [-0.1, -0.05) is 0 Å². The highest BCUT2D eigenvalue weighted by atomic mass is 35.5. The Balaban J connectivity index is 0.000000403. The first-order valence-electron chi connectivity index (χ1n) is 6.51. The fraction of sp³-hybridized carbons (Fsp3) is 0.333. The molecule has 128 valence electrons. The molecule has 0 saturated carbocycles. The number of anilines is 1. The zero-order valence-electron chi connectivity index (χ0n) is 13.8. The number of hydrogen-bond acceptors (Lipinski definition) is 5. The number of rotatable bonds is 2. The molecule has 0 aliphatic carbocycles. The summed E-state index contributed by atoms with van der Waals surface area (Å²) in [4.78, 5) is 22.0. The number of methoxy groups -OCH3 is 2. The molecule has 2 aromatic rings. The van der Waals surface area contributed by atoms with Crippen molar-refractivity contribution < 1.29 is 19.1 Å². The van der Waals surface area contributed by atoms with E-state index in [1.54, 1.807) is 34.5 Å².